The Labute approximate surface area is 192 Å². The summed E-state index contributed by atoms with van der Waals surface area (Å²) in [5.41, 5.74) is 0.473. The molecule has 0 aliphatic heterocycles. The van der Waals surface area contributed by atoms with Crippen molar-refractivity contribution in [3.8, 4) is 0 Å². The van der Waals surface area contributed by atoms with Crippen molar-refractivity contribution in [2.75, 3.05) is 6.79 Å². The minimum absolute atomic E-state index is 0.190. The number of hydrogen-bond donors (Lipinski definition) is 1. The molecule has 0 heterocycles. The van der Waals surface area contributed by atoms with Crippen LogP contribution in [-0.2, 0) is 36.7 Å². The second-order valence-corrected chi connectivity index (χ2v) is 7.98. The van der Waals surface area contributed by atoms with Crippen LogP contribution in [0.4, 0.5) is 8.78 Å². The van der Waals surface area contributed by atoms with Gasteiger partial charge in [0.15, 0.2) is 0 Å². The van der Waals surface area contributed by atoms with Gasteiger partial charge in [-0.2, -0.15) is 0 Å². The first-order valence-electron chi connectivity index (χ1n) is 7.97. The second-order valence-electron chi connectivity index (χ2n) is 5.49. The zero-order valence-corrected chi connectivity index (χ0v) is 19.4. The van der Waals surface area contributed by atoms with E-state index in [1.54, 1.807) is 12.1 Å². The van der Waals surface area contributed by atoms with E-state index in [9.17, 15) is 23.2 Å². The van der Waals surface area contributed by atoms with Crippen molar-refractivity contribution in [3.63, 3.8) is 0 Å². The van der Waals surface area contributed by atoms with E-state index in [4.69, 9.17) is 5.11 Å². The number of carbonyl (C=O) groups is 3. The van der Waals surface area contributed by atoms with Gasteiger partial charge < -0.3 is 14.6 Å². The third kappa shape index (κ3) is 10.5. The van der Waals surface area contributed by atoms with Crippen LogP contribution in [0.3, 0.4) is 0 Å². The first-order valence-corrected chi connectivity index (χ1v) is 10.1. The number of hydrogen-bond acceptors (Lipinski definition) is 5. The molecule has 0 unspecified atom stereocenters. The molecule has 0 saturated carbocycles. The van der Waals surface area contributed by atoms with Crippen molar-refractivity contribution in [1.82, 2.24) is 0 Å². The molecule has 0 amide bonds. The molecule has 0 spiro atoms. The van der Waals surface area contributed by atoms with E-state index in [0.717, 1.165) is 7.14 Å². The van der Waals surface area contributed by atoms with E-state index in [0.29, 0.717) is 0 Å². The zero-order chi connectivity index (χ0) is 22.0. The van der Waals surface area contributed by atoms with E-state index in [2.05, 4.69) is 9.47 Å². The monoisotopic (exact) mass is 632 g/mol. The van der Waals surface area contributed by atoms with E-state index in [1.165, 1.54) is 31.2 Å². The third-order valence-electron chi connectivity index (χ3n) is 3.19. The van der Waals surface area contributed by atoms with E-state index < -0.39 is 36.3 Å². The highest BCUT2D eigenvalue weighted by atomic mass is 127. The summed E-state index contributed by atoms with van der Waals surface area (Å²) in [6.45, 7) is 0.757. The normalized spacial score (nSPS) is 9.83. The maximum absolute atomic E-state index is 13.4. The van der Waals surface area contributed by atoms with Crippen LogP contribution in [0.5, 0.6) is 0 Å². The van der Waals surface area contributed by atoms with Gasteiger partial charge in [0.25, 0.3) is 0 Å². The van der Waals surface area contributed by atoms with Crippen molar-refractivity contribution in [1.29, 1.82) is 0 Å². The molecule has 0 fully saturated rings. The minimum Gasteiger partial charge on any atom is -0.481 e. The largest absolute Gasteiger partial charge is 0.481 e. The Morgan fingerprint density at radius 2 is 1.38 bits per heavy atom. The molecule has 6 nitrogen and oxygen atoms in total. The van der Waals surface area contributed by atoms with Crippen LogP contribution in [0.15, 0.2) is 36.4 Å². The van der Waals surface area contributed by atoms with Gasteiger partial charge in [0, 0.05) is 14.1 Å². The quantitative estimate of drug-likeness (QED) is 0.294. The van der Waals surface area contributed by atoms with Crippen LogP contribution in [0.1, 0.15) is 18.1 Å². The van der Waals surface area contributed by atoms with Crippen LogP contribution in [-0.4, -0.2) is 29.8 Å². The molecule has 2 rings (SSSR count). The molecule has 0 bridgehead atoms. The van der Waals surface area contributed by atoms with E-state index in [-0.39, 0.29) is 24.0 Å². The van der Waals surface area contributed by atoms with Crippen LogP contribution < -0.4 is 0 Å². The molecule has 2 aromatic carbocycles. The predicted octanol–water partition coefficient (Wildman–Crippen LogP) is 4.09. The average molecular weight is 632 g/mol. The van der Waals surface area contributed by atoms with Crippen molar-refractivity contribution in [2.24, 2.45) is 0 Å². The summed E-state index contributed by atoms with van der Waals surface area (Å²) in [6.07, 6.45) is -0.452. The molecular formula is C19H16F2I2O6. The van der Waals surface area contributed by atoms with Gasteiger partial charge in [-0.1, -0.05) is 12.1 Å². The Bertz CT molecular complexity index is 889. The summed E-state index contributed by atoms with van der Waals surface area (Å²) in [5.74, 6) is -3.12. The third-order valence-corrected chi connectivity index (χ3v) is 4.53. The molecule has 1 N–H and O–H groups in total. The SMILES string of the molecule is CC(=O)OCOC(=O)Cc1ccc(I)cc1F.O=C(O)Cc1ccc(I)cc1F. The molecule has 0 saturated heterocycles. The standard InChI is InChI=1S/C11H10FIO4.C8H6FIO2/c1-7(14)16-6-17-11(15)4-8-2-3-9(13)5-10(8)12;9-7-4-6(10)2-1-5(7)3-8(11)12/h2-3,5H,4,6H2,1H3;1-2,4H,3H2,(H,11,12). The van der Waals surface area contributed by atoms with Gasteiger partial charge in [-0.15, -0.1) is 0 Å². The van der Waals surface area contributed by atoms with Gasteiger partial charge >= 0.3 is 17.9 Å². The Morgan fingerprint density at radius 3 is 1.79 bits per heavy atom. The molecule has 0 aliphatic rings. The smallest absolute Gasteiger partial charge is 0.313 e. The fourth-order valence-corrected chi connectivity index (χ4v) is 2.78. The van der Waals surface area contributed by atoms with Crippen molar-refractivity contribution in [2.45, 2.75) is 19.8 Å². The Hall–Kier alpha value is -1.83. The van der Waals surface area contributed by atoms with Crippen molar-refractivity contribution < 1.29 is 37.7 Å². The molecule has 10 heteroatoms. The van der Waals surface area contributed by atoms with Crippen LogP contribution >= 0.6 is 45.2 Å². The van der Waals surface area contributed by atoms with Gasteiger partial charge in [0.1, 0.15) is 11.6 Å². The Morgan fingerprint density at radius 1 is 0.897 bits per heavy atom. The number of carbonyl (C=O) groups excluding carboxylic acids is 2. The molecule has 0 aliphatic carbocycles. The molecule has 0 aromatic heterocycles. The second kappa shape index (κ2) is 12.7. The summed E-state index contributed by atoms with van der Waals surface area (Å²) >= 11 is 3.94. The van der Waals surface area contributed by atoms with Gasteiger partial charge in [-0.05, 0) is 80.6 Å². The highest BCUT2D eigenvalue weighted by Gasteiger charge is 2.10. The van der Waals surface area contributed by atoms with Gasteiger partial charge in [-0.25, -0.2) is 8.78 Å². The van der Waals surface area contributed by atoms with Crippen LogP contribution in [0.2, 0.25) is 0 Å². The molecule has 29 heavy (non-hydrogen) atoms. The maximum Gasteiger partial charge on any atom is 0.313 e. The fraction of sp³-hybridized carbons (Fsp3) is 0.211. The topological polar surface area (TPSA) is 89.9 Å². The number of benzene rings is 2. The number of carboxylic acids is 1. The van der Waals surface area contributed by atoms with Crippen molar-refractivity contribution in [3.05, 3.63) is 66.3 Å². The number of halogens is 4. The van der Waals surface area contributed by atoms with Gasteiger partial charge in [0.05, 0.1) is 12.8 Å². The van der Waals surface area contributed by atoms with E-state index in [1.807, 2.05) is 45.2 Å². The molecule has 2 aromatic rings. The number of carboxylic acid groups (broad SMARTS) is 1. The van der Waals surface area contributed by atoms with Crippen LogP contribution in [0.25, 0.3) is 0 Å². The highest BCUT2D eigenvalue weighted by molar-refractivity contribution is 14.1. The first kappa shape index (κ1) is 25.2. The summed E-state index contributed by atoms with van der Waals surface area (Å²) in [5, 5.41) is 8.39. The fourth-order valence-electron chi connectivity index (χ4n) is 1.88. The Kier molecular flexibility index (Phi) is 11.0. The molecular weight excluding hydrogens is 616 g/mol. The Balaban J connectivity index is 0.000000308. The van der Waals surface area contributed by atoms with Gasteiger partial charge in [-0.3, -0.25) is 14.4 Å². The lowest BCUT2D eigenvalue weighted by Gasteiger charge is -2.05. The number of aliphatic carboxylic acids is 1. The average Bonchev–Trinajstić information content (AvgIpc) is 2.60. The van der Waals surface area contributed by atoms with Crippen LogP contribution in [0, 0.1) is 18.8 Å². The predicted molar refractivity (Wildman–Crippen MR) is 116 cm³/mol. The van der Waals surface area contributed by atoms with Crippen molar-refractivity contribution >= 4 is 63.1 Å². The number of esters is 2. The summed E-state index contributed by atoms with van der Waals surface area (Å²) in [7, 11) is 0. The van der Waals surface area contributed by atoms with Gasteiger partial charge in [0.2, 0.25) is 6.79 Å². The molecule has 156 valence electrons. The lowest BCUT2D eigenvalue weighted by molar-refractivity contribution is -0.165. The highest BCUT2D eigenvalue weighted by Crippen LogP contribution is 2.14. The molecule has 0 radical (unpaired) electrons. The number of ether oxygens (including phenoxy) is 2. The maximum atomic E-state index is 13.4. The lowest BCUT2D eigenvalue weighted by Crippen LogP contribution is -2.13. The summed E-state index contributed by atoms with van der Waals surface area (Å²) < 4.78 is 36.8. The van der Waals surface area contributed by atoms with E-state index >= 15 is 0 Å². The zero-order valence-electron chi connectivity index (χ0n) is 15.1. The molecule has 0 atom stereocenters. The number of rotatable bonds is 6. The minimum atomic E-state index is -1.02. The summed E-state index contributed by atoms with van der Waals surface area (Å²) in [4.78, 5) is 31.9. The summed E-state index contributed by atoms with van der Waals surface area (Å²) in [6, 6.07) is 9.03. The first-order chi connectivity index (χ1) is 13.6. The lowest BCUT2D eigenvalue weighted by atomic mass is 10.1.